The Kier molecular flexibility index (Phi) is 7.35. The Hall–Kier alpha value is -2.67. The largest absolute Gasteiger partial charge is 0.468 e. The van der Waals surface area contributed by atoms with Crippen LogP contribution in [0.15, 0.2) is 41.1 Å². The summed E-state index contributed by atoms with van der Waals surface area (Å²) in [6.07, 6.45) is 0.110. The molecule has 0 bridgehead atoms. The van der Waals surface area contributed by atoms with E-state index in [0.29, 0.717) is 12.1 Å². The molecule has 1 N–H and O–H groups in total. The number of methoxy groups -OCH3 is 1. The Bertz CT molecular complexity index is 759. The number of thiophene rings is 1. The minimum atomic E-state index is -0.478. The summed E-state index contributed by atoms with van der Waals surface area (Å²) in [4.78, 5) is 37.6. The average molecular weight is 374 g/mol. The van der Waals surface area contributed by atoms with E-state index in [9.17, 15) is 14.4 Å². The molecule has 6 nitrogen and oxygen atoms in total. The first-order chi connectivity index (χ1) is 12.5. The first kappa shape index (κ1) is 19.7. The molecular weight excluding hydrogens is 352 g/mol. The lowest BCUT2D eigenvalue weighted by molar-refractivity contribution is -0.147. The molecule has 0 atom stereocenters. The van der Waals surface area contributed by atoms with Crippen molar-refractivity contribution in [1.29, 1.82) is 0 Å². The van der Waals surface area contributed by atoms with Gasteiger partial charge in [0.05, 0.1) is 7.11 Å². The SMILES string of the molecule is COC(=O)CN(Cc1ccccc1C)C(=O)CCNC(=O)c1ccsc1. The standard InChI is InChI=1S/C19H22N2O4S/c1-14-5-3-4-6-15(14)11-21(12-18(23)25-2)17(22)7-9-20-19(24)16-8-10-26-13-16/h3-6,8,10,13H,7,9,11-12H2,1-2H3,(H,20,24). The van der Waals surface area contributed by atoms with Gasteiger partial charge in [0.1, 0.15) is 6.54 Å². The number of carbonyl (C=O) groups excluding carboxylic acids is 3. The van der Waals surface area contributed by atoms with Gasteiger partial charge in [-0.25, -0.2) is 0 Å². The number of rotatable bonds is 8. The summed E-state index contributed by atoms with van der Waals surface area (Å²) in [5.74, 6) is -0.906. The molecule has 2 amide bonds. The predicted molar refractivity (Wildman–Crippen MR) is 99.9 cm³/mol. The number of aryl methyl sites for hydroxylation is 1. The Balaban J connectivity index is 1.95. The van der Waals surface area contributed by atoms with Crippen LogP contribution in [-0.2, 0) is 20.9 Å². The molecule has 0 aliphatic carbocycles. The van der Waals surface area contributed by atoms with Gasteiger partial charge in [-0.15, -0.1) is 0 Å². The van der Waals surface area contributed by atoms with Crippen LogP contribution >= 0.6 is 11.3 Å². The maximum Gasteiger partial charge on any atom is 0.325 e. The number of hydrogen-bond donors (Lipinski definition) is 1. The molecule has 7 heteroatoms. The van der Waals surface area contributed by atoms with E-state index < -0.39 is 5.97 Å². The van der Waals surface area contributed by atoms with Gasteiger partial charge in [0.15, 0.2) is 0 Å². The van der Waals surface area contributed by atoms with Gasteiger partial charge in [-0.1, -0.05) is 24.3 Å². The summed E-state index contributed by atoms with van der Waals surface area (Å²) in [5.41, 5.74) is 2.58. The Labute approximate surface area is 156 Å². The normalized spacial score (nSPS) is 10.2. The van der Waals surface area contributed by atoms with Gasteiger partial charge in [-0.3, -0.25) is 14.4 Å². The van der Waals surface area contributed by atoms with E-state index in [4.69, 9.17) is 0 Å². The predicted octanol–water partition coefficient (Wildman–Crippen LogP) is 2.38. The molecule has 0 radical (unpaired) electrons. The fourth-order valence-corrected chi connectivity index (χ4v) is 3.02. The van der Waals surface area contributed by atoms with Gasteiger partial charge in [-0.05, 0) is 29.5 Å². The molecule has 0 spiro atoms. The number of nitrogens with one attached hydrogen (secondary N) is 1. The van der Waals surface area contributed by atoms with Crippen LogP contribution in [0.3, 0.4) is 0 Å². The highest BCUT2D eigenvalue weighted by molar-refractivity contribution is 7.08. The van der Waals surface area contributed by atoms with Crippen molar-refractivity contribution in [2.75, 3.05) is 20.2 Å². The van der Waals surface area contributed by atoms with E-state index >= 15 is 0 Å². The summed E-state index contributed by atoms with van der Waals surface area (Å²) >= 11 is 1.44. The Morgan fingerprint density at radius 3 is 2.62 bits per heavy atom. The third-order valence-corrected chi connectivity index (χ3v) is 4.61. The van der Waals surface area contributed by atoms with Crippen LogP contribution in [0.25, 0.3) is 0 Å². The van der Waals surface area contributed by atoms with Gasteiger partial charge >= 0.3 is 5.97 Å². The molecule has 0 aliphatic heterocycles. The van der Waals surface area contributed by atoms with Gasteiger partial charge < -0.3 is 15.0 Å². The second kappa shape index (κ2) is 9.72. The van der Waals surface area contributed by atoms with Crippen molar-refractivity contribution in [2.24, 2.45) is 0 Å². The summed E-state index contributed by atoms with van der Waals surface area (Å²) in [7, 11) is 1.29. The van der Waals surface area contributed by atoms with Crippen molar-refractivity contribution >= 4 is 29.1 Å². The third kappa shape index (κ3) is 5.70. The minimum Gasteiger partial charge on any atom is -0.468 e. The monoisotopic (exact) mass is 374 g/mol. The van der Waals surface area contributed by atoms with Crippen LogP contribution in [0.1, 0.15) is 27.9 Å². The van der Waals surface area contributed by atoms with Crippen LogP contribution < -0.4 is 5.32 Å². The first-order valence-electron chi connectivity index (χ1n) is 8.20. The second-order valence-corrected chi connectivity index (χ2v) is 6.55. The fourth-order valence-electron chi connectivity index (χ4n) is 2.38. The number of benzene rings is 1. The van der Waals surface area contributed by atoms with Crippen LogP contribution in [0.5, 0.6) is 0 Å². The van der Waals surface area contributed by atoms with Crippen molar-refractivity contribution < 1.29 is 19.1 Å². The lowest BCUT2D eigenvalue weighted by Crippen LogP contribution is -2.38. The highest BCUT2D eigenvalue weighted by atomic mass is 32.1. The molecule has 0 aliphatic rings. The lowest BCUT2D eigenvalue weighted by Gasteiger charge is -2.22. The quantitative estimate of drug-likeness (QED) is 0.720. The van der Waals surface area contributed by atoms with E-state index in [1.54, 1.807) is 11.4 Å². The molecule has 0 saturated heterocycles. The molecule has 1 heterocycles. The number of nitrogens with zero attached hydrogens (tertiary/aromatic N) is 1. The number of esters is 1. The van der Waals surface area contributed by atoms with Crippen molar-refractivity contribution in [3.63, 3.8) is 0 Å². The molecule has 138 valence electrons. The molecule has 0 fully saturated rings. The van der Waals surface area contributed by atoms with Crippen LogP contribution in [0, 0.1) is 6.92 Å². The number of amides is 2. The summed E-state index contributed by atoms with van der Waals surface area (Å²) in [6.45, 7) is 2.36. The summed E-state index contributed by atoms with van der Waals surface area (Å²) in [5, 5.41) is 6.29. The molecule has 1 aromatic carbocycles. The van der Waals surface area contributed by atoms with Gasteiger partial charge in [0.25, 0.3) is 5.91 Å². The highest BCUT2D eigenvalue weighted by Crippen LogP contribution is 2.12. The molecule has 0 saturated carbocycles. The molecular formula is C19H22N2O4S. The number of carbonyl (C=O) groups is 3. The number of ether oxygens (including phenoxy) is 1. The smallest absolute Gasteiger partial charge is 0.325 e. The zero-order chi connectivity index (χ0) is 18.9. The first-order valence-corrected chi connectivity index (χ1v) is 9.15. The fraction of sp³-hybridized carbons (Fsp3) is 0.316. The van der Waals surface area contributed by atoms with Crippen molar-refractivity contribution in [3.8, 4) is 0 Å². The zero-order valence-electron chi connectivity index (χ0n) is 14.9. The highest BCUT2D eigenvalue weighted by Gasteiger charge is 2.19. The topological polar surface area (TPSA) is 75.7 Å². The van der Waals surface area contributed by atoms with Crippen LogP contribution in [0.4, 0.5) is 0 Å². The minimum absolute atomic E-state index is 0.110. The van der Waals surface area contributed by atoms with Gasteiger partial charge in [-0.2, -0.15) is 11.3 Å². The van der Waals surface area contributed by atoms with Gasteiger partial charge in [0, 0.05) is 30.5 Å². The van der Waals surface area contributed by atoms with Crippen LogP contribution in [-0.4, -0.2) is 42.9 Å². The van der Waals surface area contributed by atoms with Gasteiger partial charge in [0.2, 0.25) is 5.91 Å². The molecule has 0 unspecified atom stereocenters. The van der Waals surface area contributed by atoms with Crippen molar-refractivity contribution in [3.05, 3.63) is 57.8 Å². The van der Waals surface area contributed by atoms with E-state index in [-0.39, 0.29) is 31.3 Å². The summed E-state index contributed by atoms with van der Waals surface area (Å²) < 4.78 is 4.69. The molecule has 2 rings (SSSR count). The van der Waals surface area contributed by atoms with E-state index in [0.717, 1.165) is 11.1 Å². The van der Waals surface area contributed by atoms with Crippen molar-refractivity contribution in [1.82, 2.24) is 10.2 Å². The lowest BCUT2D eigenvalue weighted by atomic mass is 10.1. The summed E-state index contributed by atoms with van der Waals surface area (Å²) in [6, 6.07) is 9.42. The maximum absolute atomic E-state index is 12.5. The second-order valence-electron chi connectivity index (χ2n) is 5.77. The van der Waals surface area contributed by atoms with Crippen molar-refractivity contribution in [2.45, 2.75) is 19.9 Å². The van der Waals surface area contributed by atoms with Crippen LogP contribution in [0.2, 0.25) is 0 Å². The maximum atomic E-state index is 12.5. The van der Waals surface area contributed by atoms with E-state index in [1.165, 1.54) is 23.3 Å². The van der Waals surface area contributed by atoms with E-state index in [1.807, 2.05) is 36.6 Å². The molecule has 2 aromatic rings. The zero-order valence-corrected chi connectivity index (χ0v) is 15.7. The Morgan fingerprint density at radius 1 is 1.19 bits per heavy atom. The third-order valence-electron chi connectivity index (χ3n) is 3.93. The van der Waals surface area contributed by atoms with E-state index in [2.05, 4.69) is 10.1 Å². The average Bonchev–Trinajstić information content (AvgIpc) is 3.17. The number of hydrogen-bond acceptors (Lipinski definition) is 5. The molecule has 26 heavy (non-hydrogen) atoms. The molecule has 1 aromatic heterocycles. The Morgan fingerprint density at radius 2 is 1.96 bits per heavy atom.